The molecule has 3 rings (SSSR count). The maximum absolute atomic E-state index is 9.80. The smallest absolute Gasteiger partial charge is 0.137 e. The molecule has 0 aromatic carbocycles. The first kappa shape index (κ1) is 13.1. The summed E-state index contributed by atoms with van der Waals surface area (Å²) in [4.78, 5) is 2.38. The summed E-state index contributed by atoms with van der Waals surface area (Å²) in [5, 5.41) is 18.3. The topological polar surface area (TPSA) is 54.2 Å². The number of hydrogen-bond acceptors (Lipinski definition) is 4. The summed E-state index contributed by atoms with van der Waals surface area (Å²) in [6, 6.07) is 0.654. The largest absolute Gasteiger partial charge is 0.392 e. The molecule has 1 saturated carbocycles. The Hall–Kier alpha value is -0.940. The third-order valence-electron chi connectivity index (χ3n) is 4.35. The van der Waals surface area contributed by atoms with Crippen LogP contribution in [-0.4, -0.2) is 50.5 Å². The fourth-order valence-electron chi connectivity index (χ4n) is 3.04. The van der Waals surface area contributed by atoms with Gasteiger partial charge in [0.25, 0.3) is 0 Å². The summed E-state index contributed by atoms with van der Waals surface area (Å²) in [5.41, 5.74) is 0. The molecule has 2 heterocycles. The zero-order valence-corrected chi connectivity index (χ0v) is 11.7. The average Bonchev–Trinajstić information content (AvgIpc) is 3.16. The van der Waals surface area contributed by atoms with Gasteiger partial charge in [-0.25, -0.2) is 0 Å². The molecule has 0 spiro atoms. The van der Waals surface area contributed by atoms with Crippen LogP contribution in [0.5, 0.6) is 0 Å². The van der Waals surface area contributed by atoms with E-state index in [1.807, 2.05) is 13.3 Å². The molecule has 1 aromatic rings. The van der Waals surface area contributed by atoms with Crippen molar-refractivity contribution in [3.8, 4) is 0 Å². The van der Waals surface area contributed by atoms with E-state index in [-0.39, 0.29) is 6.10 Å². The van der Waals surface area contributed by atoms with Gasteiger partial charge >= 0.3 is 0 Å². The van der Waals surface area contributed by atoms with Gasteiger partial charge in [0.2, 0.25) is 0 Å². The van der Waals surface area contributed by atoms with E-state index < -0.39 is 0 Å². The van der Waals surface area contributed by atoms with Crippen molar-refractivity contribution in [1.82, 2.24) is 19.7 Å². The summed E-state index contributed by atoms with van der Waals surface area (Å²) in [7, 11) is 0. The van der Waals surface area contributed by atoms with Gasteiger partial charge in [0.1, 0.15) is 12.2 Å². The second-order valence-corrected chi connectivity index (χ2v) is 5.99. The monoisotopic (exact) mass is 264 g/mol. The highest BCUT2D eigenvalue weighted by molar-refractivity contribution is 5.04. The van der Waals surface area contributed by atoms with Crippen molar-refractivity contribution in [3.05, 3.63) is 12.2 Å². The molecule has 2 fully saturated rings. The highest BCUT2D eigenvalue weighted by Crippen LogP contribution is 2.38. The number of aliphatic hydroxyl groups is 1. The minimum atomic E-state index is -0.194. The number of β-amino-alcohol motifs (C(OH)–C–C–N with tert-alkyl or cyclic N) is 1. The summed E-state index contributed by atoms with van der Waals surface area (Å²) >= 11 is 0. The normalized spacial score (nSPS) is 26.5. The van der Waals surface area contributed by atoms with E-state index in [4.69, 9.17) is 0 Å². The molecule has 19 heavy (non-hydrogen) atoms. The van der Waals surface area contributed by atoms with Gasteiger partial charge in [0.05, 0.1) is 6.10 Å². The van der Waals surface area contributed by atoms with Crippen molar-refractivity contribution in [2.24, 2.45) is 0 Å². The highest BCUT2D eigenvalue weighted by atomic mass is 16.3. The first-order valence-electron chi connectivity index (χ1n) is 7.57. The number of likely N-dealkylation sites (tertiary alicyclic amines) is 1. The fourth-order valence-corrected chi connectivity index (χ4v) is 3.04. The van der Waals surface area contributed by atoms with Crippen LogP contribution < -0.4 is 0 Å². The molecule has 1 aliphatic heterocycles. The number of nitrogens with zero attached hydrogens (tertiary/aromatic N) is 4. The Morgan fingerprint density at radius 2 is 2.26 bits per heavy atom. The van der Waals surface area contributed by atoms with Crippen LogP contribution in [0.4, 0.5) is 0 Å². The first-order chi connectivity index (χ1) is 9.28. The zero-order valence-electron chi connectivity index (χ0n) is 11.7. The van der Waals surface area contributed by atoms with Crippen molar-refractivity contribution in [2.45, 2.75) is 57.1 Å². The van der Waals surface area contributed by atoms with E-state index in [9.17, 15) is 5.11 Å². The molecule has 0 bridgehead atoms. The molecule has 1 saturated heterocycles. The summed E-state index contributed by atoms with van der Waals surface area (Å²) in [6.45, 7) is 4.95. The van der Waals surface area contributed by atoms with Gasteiger partial charge in [-0.3, -0.25) is 0 Å². The maximum atomic E-state index is 9.80. The Morgan fingerprint density at radius 1 is 1.42 bits per heavy atom. The lowest BCUT2D eigenvalue weighted by molar-refractivity contribution is 0.0914. The van der Waals surface area contributed by atoms with Crippen LogP contribution >= 0.6 is 0 Å². The van der Waals surface area contributed by atoms with Crippen LogP contribution in [0.2, 0.25) is 0 Å². The third-order valence-corrected chi connectivity index (χ3v) is 4.35. The van der Waals surface area contributed by atoms with E-state index in [0.717, 1.165) is 31.9 Å². The van der Waals surface area contributed by atoms with Gasteiger partial charge < -0.3 is 14.6 Å². The number of rotatable bonds is 5. The van der Waals surface area contributed by atoms with Crippen molar-refractivity contribution in [3.63, 3.8) is 0 Å². The SMILES string of the molecule is CC[C@H](O)CN1CCC[C@H](c2nncn2C2CC2)C1. The van der Waals surface area contributed by atoms with Crippen LogP contribution in [0, 0.1) is 0 Å². The summed E-state index contributed by atoms with van der Waals surface area (Å²) in [6.07, 6.45) is 7.47. The van der Waals surface area contributed by atoms with E-state index in [0.29, 0.717) is 12.0 Å². The first-order valence-corrected chi connectivity index (χ1v) is 7.57. The summed E-state index contributed by atoms with van der Waals surface area (Å²) in [5.74, 6) is 1.65. The number of aliphatic hydroxyl groups excluding tert-OH is 1. The van der Waals surface area contributed by atoms with Gasteiger partial charge in [0.15, 0.2) is 0 Å². The molecule has 2 aliphatic rings. The van der Waals surface area contributed by atoms with Crippen LogP contribution in [0.25, 0.3) is 0 Å². The quantitative estimate of drug-likeness (QED) is 0.877. The van der Waals surface area contributed by atoms with Gasteiger partial charge in [-0.2, -0.15) is 0 Å². The molecule has 0 radical (unpaired) electrons. The molecule has 0 unspecified atom stereocenters. The lowest BCUT2D eigenvalue weighted by Crippen LogP contribution is -2.39. The van der Waals surface area contributed by atoms with E-state index in [2.05, 4.69) is 19.7 Å². The van der Waals surface area contributed by atoms with E-state index >= 15 is 0 Å². The Kier molecular flexibility index (Phi) is 3.84. The Bertz CT molecular complexity index is 415. The van der Waals surface area contributed by atoms with Crippen molar-refractivity contribution in [2.75, 3.05) is 19.6 Å². The lowest BCUT2D eigenvalue weighted by Gasteiger charge is -2.33. The average molecular weight is 264 g/mol. The molecule has 1 aromatic heterocycles. The molecule has 2 atom stereocenters. The van der Waals surface area contributed by atoms with Crippen LogP contribution in [0.1, 0.15) is 56.8 Å². The van der Waals surface area contributed by atoms with Crippen molar-refractivity contribution < 1.29 is 5.11 Å². The van der Waals surface area contributed by atoms with Gasteiger partial charge in [-0.15, -0.1) is 10.2 Å². The molecule has 0 amide bonds. The minimum Gasteiger partial charge on any atom is -0.392 e. The molecule has 106 valence electrons. The van der Waals surface area contributed by atoms with Crippen molar-refractivity contribution in [1.29, 1.82) is 0 Å². The van der Waals surface area contributed by atoms with Crippen LogP contribution in [0.15, 0.2) is 6.33 Å². The van der Waals surface area contributed by atoms with Crippen molar-refractivity contribution >= 4 is 0 Å². The second kappa shape index (κ2) is 5.59. The molecule has 5 nitrogen and oxygen atoms in total. The molecular weight excluding hydrogens is 240 g/mol. The highest BCUT2D eigenvalue weighted by Gasteiger charge is 2.31. The zero-order chi connectivity index (χ0) is 13.2. The molecule has 1 aliphatic carbocycles. The minimum absolute atomic E-state index is 0.194. The van der Waals surface area contributed by atoms with E-state index in [1.165, 1.54) is 25.7 Å². The molecule has 5 heteroatoms. The predicted octanol–water partition coefficient (Wildman–Crippen LogP) is 1.56. The van der Waals surface area contributed by atoms with Gasteiger partial charge in [0, 0.05) is 25.0 Å². The standard InChI is InChI=1S/C14H24N4O/c1-2-13(19)9-17-7-3-4-11(8-17)14-16-15-10-18(14)12-5-6-12/h10-13,19H,2-9H2,1H3/t11-,13-/m0/s1. The maximum Gasteiger partial charge on any atom is 0.137 e. The third kappa shape index (κ3) is 2.98. The molecular formula is C14H24N4O. The number of piperidine rings is 1. The Labute approximate surface area is 114 Å². The van der Waals surface area contributed by atoms with E-state index in [1.54, 1.807) is 0 Å². The van der Waals surface area contributed by atoms with Crippen LogP contribution in [0.3, 0.4) is 0 Å². The van der Waals surface area contributed by atoms with Gasteiger partial charge in [-0.1, -0.05) is 6.92 Å². The lowest BCUT2D eigenvalue weighted by atomic mass is 9.96. The van der Waals surface area contributed by atoms with Gasteiger partial charge in [-0.05, 0) is 38.6 Å². The Morgan fingerprint density at radius 3 is 3.00 bits per heavy atom. The van der Waals surface area contributed by atoms with Crippen LogP contribution in [-0.2, 0) is 0 Å². The summed E-state index contributed by atoms with van der Waals surface area (Å²) < 4.78 is 2.28. The number of hydrogen-bond donors (Lipinski definition) is 1. The predicted molar refractivity (Wildman–Crippen MR) is 73.0 cm³/mol. The number of aromatic nitrogens is 3. The second-order valence-electron chi connectivity index (χ2n) is 5.99. The molecule has 1 N–H and O–H groups in total. The Balaban J connectivity index is 1.65. The fraction of sp³-hybridized carbons (Fsp3) is 0.857.